The fraction of sp³-hybridized carbons (Fsp3) is 0.600. The summed E-state index contributed by atoms with van der Waals surface area (Å²) in [6.45, 7) is 0.363. The molecule has 0 aromatic heterocycles. The van der Waals surface area contributed by atoms with Crippen molar-refractivity contribution in [3.63, 3.8) is 0 Å². The first-order valence-corrected chi connectivity index (χ1v) is 8.33. The molecule has 0 rings (SSSR count). The number of hydrogen-bond donors (Lipinski definition) is 8. The molecule has 14 heteroatoms. The number of carboxylic acids is 3. The Balaban J connectivity index is 5.37. The molecule has 0 heterocycles. The number of aliphatic carboxylic acids is 3. The lowest BCUT2D eigenvalue weighted by Crippen LogP contribution is -2.57. The lowest BCUT2D eigenvalue weighted by Gasteiger charge is -2.23. The number of aliphatic hydroxyl groups is 1. The van der Waals surface area contributed by atoms with Crippen LogP contribution in [0.15, 0.2) is 0 Å². The molecule has 0 radical (unpaired) electrons. The highest BCUT2D eigenvalue weighted by Gasteiger charge is 2.30. The minimum Gasteiger partial charge on any atom is -0.481 e. The van der Waals surface area contributed by atoms with Gasteiger partial charge in [0.1, 0.15) is 24.2 Å². The van der Waals surface area contributed by atoms with Crippen molar-refractivity contribution >= 4 is 35.6 Å². The number of carbonyl (C=O) groups excluding carboxylic acids is 3. The lowest BCUT2D eigenvalue weighted by molar-refractivity contribution is -0.143. The minimum atomic E-state index is -1.70. The molecule has 9 N–H and O–H groups in total. The van der Waals surface area contributed by atoms with Crippen LogP contribution in [0.3, 0.4) is 0 Å². The molecule has 164 valence electrons. The molecule has 0 spiro atoms. The number of nitrogens with two attached hydrogens (primary N) is 1. The molecule has 0 aliphatic carbocycles. The quantitative estimate of drug-likeness (QED) is 0.143. The number of aliphatic hydroxyl groups excluding tert-OH is 1. The van der Waals surface area contributed by atoms with Crippen LogP contribution in [0.5, 0.6) is 0 Å². The molecule has 14 nitrogen and oxygen atoms in total. The Morgan fingerprint density at radius 3 is 1.79 bits per heavy atom. The Morgan fingerprint density at radius 1 is 0.828 bits per heavy atom. The van der Waals surface area contributed by atoms with E-state index in [2.05, 4.69) is 5.32 Å². The summed E-state index contributed by atoms with van der Waals surface area (Å²) in [5.74, 6) is -7.35. The fourth-order valence-electron chi connectivity index (χ4n) is 1.93. The van der Waals surface area contributed by atoms with Crippen molar-refractivity contribution in [2.45, 2.75) is 50.4 Å². The summed E-state index contributed by atoms with van der Waals surface area (Å²) in [5.41, 5.74) is 5.31. The monoisotopic (exact) mass is 420 g/mol. The second-order valence-corrected chi connectivity index (χ2v) is 6.01. The van der Waals surface area contributed by atoms with E-state index in [1.54, 1.807) is 0 Å². The minimum absolute atomic E-state index is 0.419. The Morgan fingerprint density at radius 2 is 1.34 bits per heavy atom. The summed E-state index contributed by atoms with van der Waals surface area (Å²) in [4.78, 5) is 68.8. The van der Waals surface area contributed by atoms with Crippen molar-refractivity contribution in [2.24, 2.45) is 5.73 Å². The highest BCUT2D eigenvalue weighted by Crippen LogP contribution is 2.02. The highest BCUT2D eigenvalue weighted by atomic mass is 16.4. The Bertz CT molecular complexity index is 653. The Hall–Kier alpha value is -3.26. The lowest BCUT2D eigenvalue weighted by atomic mass is 10.1. The predicted molar refractivity (Wildman–Crippen MR) is 93.3 cm³/mol. The molecule has 0 bridgehead atoms. The van der Waals surface area contributed by atoms with Gasteiger partial charge in [-0.15, -0.1) is 0 Å². The van der Waals surface area contributed by atoms with Crippen LogP contribution in [0.2, 0.25) is 0 Å². The van der Waals surface area contributed by atoms with E-state index in [1.165, 1.54) is 0 Å². The van der Waals surface area contributed by atoms with Gasteiger partial charge < -0.3 is 42.1 Å². The van der Waals surface area contributed by atoms with E-state index < -0.39 is 85.7 Å². The van der Waals surface area contributed by atoms with Gasteiger partial charge in [0.25, 0.3) is 0 Å². The normalized spacial score (nSPS) is 14.6. The van der Waals surface area contributed by atoms with Crippen molar-refractivity contribution in [2.75, 3.05) is 6.61 Å². The number of hydrogen-bond acceptors (Lipinski definition) is 8. The second kappa shape index (κ2) is 12.2. The van der Waals surface area contributed by atoms with Gasteiger partial charge in [-0.3, -0.25) is 28.8 Å². The van der Waals surface area contributed by atoms with Crippen LogP contribution in [0, 0.1) is 0 Å². The summed E-state index contributed by atoms with van der Waals surface area (Å²) in [6.07, 6.45) is -1.88. The van der Waals surface area contributed by atoms with Crippen LogP contribution in [0.25, 0.3) is 0 Å². The van der Waals surface area contributed by atoms with Crippen molar-refractivity contribution in [3.05, 3.63) is 0 Å². The molecule has 4 unspecified atom stereocenters. The molecular weight excluding hydrogens is 396 g/mol. The van der Waals surface area contributed by atoms with Gasteiger partial charge in [0.05, 0.1) is 13.0 Å². The van der Waals surface area contributed by atoms with E-state index >= 15 is 0 Å². The van der Waals surface area contributed by atoms with Gasteiger partial charge in [-0.05, 0) is 13.3 Å². The molecule has 0 aliphatic rings. The molecular formula is C15H24N4O10. The third-order valence-corrected chi connectivity index (χ3v) is 3.55. The van der Waals surface area contributed by atoms with Gasteiger partial charge in [0.2, 0.25) is 17.7 Å². The summed E-state index contributed by atoms with van der Waals surface area (Å²) in [6, 6.07) is -5.97. The molecule has 29 heavy (non-hydrogen) atoms. The molecule has 4 atom stereocenters. The van der Waals surface area contributed by atoms with Crippen LogP contribution >= 0.6 is 0 Å². The largest absolute Gasteiger partial charge is 0.481 e. The summed E-state index contributed by atoms with van der Waals surface area (Å²) in [5, 5.41) is 41.5. The molecule has 0 fully saturated rings. The Labute approximate surface area is 164 Å². The molecule has 3 amide bonds. The van der Waals surface area contributed by atoms with Gasteiger partial charge in [-0.25, -0.2) is 0 Å². The maximum atomic E-state index is 12.4. The van der Waals surface area contributed by atoms with E-state index in [0.717, 1.165) is 6.92 Å². The number of carbonyl (C=O) groups is 6. The van der Waals surface area contributed by atoms with Crippen LogP contribution in [-0.4, -0.2) is 86.8 Å². The van der Waals surface area contributed by atoms with Gasteiger partial charge in [0.15, 0.2) is 0 Å². The molecule has 0 saturated heterocycles. The number of carboxylic acid groups (broad SMARTS) is 3. The number of rotatable bonds is 13. The van der Waals surface area contributed by atoms with Gasteiger partial charge in [0, 0.05) is 6.42 Å². The zero-order chi connectivity index (χ0) is 22.7. The van der Waals surface area contributed by atoms with Crippen molar-refractivity contribution < 1.29 is 49.2 Å². The molecule has 0 saturated carbocycles. The summed E-state index contributed by atoms with van der Waals surface area (Å²) >= 11 is 0. The van der Waals surface area contributed by atoms with Gasteiger partial charge in [-0.1, -0.05) is 0 Å². The van der Waals surface area contributed by atoms with Crippen molar-refractivity contribution in [3.8, 4) is 0 Å². The maximum Gasteiger partial charge on any atom is 0.325 e. The van der Waals surface area contributed by atoms with Crippen LogP contribution in [0.4, 0.5) is 0 Å². The standard InChI is InChI=1S/C15H24N4O10/c1-6(15(28)29)17-14(27)9(4-11(23)24)19-13(26)8(2-3-10(21)22)18-12(25)7(16)5-20/h6-9,20H,2-5,16H2,1H3,(H,17,27)(H,18,25)(H,19,26)(H,21,22)(H,23,24)(H,28,29). The SMILES string of the molecule is CC(NC(=O)C(CC(=O)O)NC(=O)C(CCC(=O)O)NC(=O)C(N)CO)C(=O)O. The molecule has 0 aliphatic heterocycles. The van der Waals surface area contributed by atoms with Crippen molar-refractivity contribution in [1.29, 1.82) is 0 Å². The maximum absolute atomic E-state index is 12.4. The zero-order valence-corrected chi connectivity index (χ0v) is 15.5. The topological polar surface area (TPSA) is 245 Å². The molecule has 0 aromatic rings. The first-order valence-electron chi connectivity index (χ1n) is 8.33. The summed E-state index contributed by atoms with van der Waals surface area (Å²) < 4.78 is 0. The van der Waals surface area contributed by atoms with E-state index in [9.17, 15) is 28.8 Å². The predicted octanol–water partition coefficient (Wildman–Crippen LogP) is -3.80. The van der Waals surface area contributed by atoms with E-state index in [-0.39, 0.29) is 0 Å². The van der Waals surface area contributed by atoms with E-state index in [4.69, 9.17) is 26.2 Å². The third kappa shape index (κ3) is 10.0. The average Bonchev–Trinajstić information content (AvgIpc) is 2.62. The van der Waals surface area contributed by atoms with Crippen LogP contribution in [-0.2, 0) is 28.8 Å². The first kappa shape index (κ1) is 25.7. The van der Waals surface area contributed by atoms with E-state index in [1.807, 2.05) is 10.6 Å². The van der Waals surface area contributed by atoms with Crippen LogP contribution < -0.4 is 21.7 Å². The smallest absolute Gasteiger partial charge is 0.325 e. The van der Waals surface area contributed by atoms with Crippen molar-refractivity contribution in [1.82, 2.24) is 16.0 Å². The van der Waals surface area contributed by atoms with Gasteiger partial charge >= 0.3 is 17.9 Å². The number of nitrogens with one attached hydrogen (secondary N) is 3. The fourth-order valence-corrected chi connectivity index (χ4v) is 1.93. The average molecular weight is 420 g/mol. The summed E-state index contributed by atoms with van der Waals surface area (Å²) in [7, 11) is 0. The van der Waals surface area contributed by atoms with Gasteiger partial charge in [-0.2, -0.15) is 0 Å². The molecule has 0 aromatic carbocycles. The zero-order valence-electron chi connectivity index (χ0n) is 15.5. The third-order valence-electron chi connectivity index (χ3n) is 3.55. The second-order valence-electron chi connectivity index (χ2n) is 6.01. The Kier molecular flexibility index (Phi) is 10.9. The highest BCUT2D eigenvalue weighted by molar-refractivity contribution is 5.95. The number of amides is 3. The van der Waals surface area contributed by atoms with Crippen LogP contribution in [0.1, 0.15) is 26.2 Å². The first-order chi connectivity index (χ1) is 13.4. The van der Waals surface area contributed by atoms with E-state index in [0.29, 0.717) is 0 Å².